The van der Waals surface area contributed by atoms with E-state index < -0.39 is 0 Å². The zero-order valence-corrected chi connectivity index (χ0v) is 8.97. The van der Waals surface area contributed by atoms with Gasteiger partial charge in [0.2, 0.25) is 0 Å². The summed E-state index contributed by atoms with van der Waals surface area (Å²) in [6, 6.07) is 3.96. The molecular weight excluding hydrogens is 192 g/mol. The quantitative estimate of drug-likeness (QED) is 0.695. The van der Waals surface area contributed by atoms with Crippen LogP contribution in [0.1, 0.15) is 34.8 Å². The molecule has 1 nitrogen and oxygen atoms in total. The first-order valence-corrected chi connectivity index (χ1v) is 5.19. The van der Waals surface area contributed by atoms with Gasteiger partial charge in [0.25, 0.3) is 0 Å². The fourth-order valence-electron chi connectivity index (χ4n) is 1.81. The number of hydrogen-bond donors (Lipinski definition) is 1. The van der Waals surface area contributed by atoms with Gasteiger partial charge < -0.3 is 0 Å². The molecule has 0 radical (unpaired) electrons. The number of rotatable bonds is 1. The number of carbonyl (C=O) groups excluding carboxylic acids is 1. The third kappa shape index (κ3) is 1.50. The van der Waals surface area contributed by atoms with Gasteiger partial charge in [0.15, 0.2) is 5.78 Å². The number of Topliss-reactive ketones (excluding diaryl/α,β-unsaturated/α-hetero) is 1. The molecule has 0 saturated carbocycles. The number of benzene rings is 1. The molecule has 0 spiro atoms. The van der Waals surface area contributed by atoms with Gasteiger partial charge in [-0.05, 0) is 36.6 Å². The van der Waals surface area contributed by atoms with Gasteiger partial charge in [0.1, 0.15) is 0 Å². The number of aryl methyl sites for hydroxylation is 1. The van der Waals surface area contributed by atoms with Crippen molar-refractivity contribution in [2.45, 2.75) is 24.7 Å². The zero-order valence-electron chi connectivity index (χ0n) is 8.08. The fraction of sp³-hybridized carbons (Fsp3) is 0.250. The van der Waals surface area contributed by atoms with Crippen LogP contribution in [-0.2, 0) is 6.42 Å². The average molecular weight is 204 g/mol. The van der Waals surface area contributed by atoms with Gasteiger partial charge in [-0.2, -0.15) is 0 Å². The standard InChI is InChI=1S/C12H12OS/c1-2-3-9-6-10-8(7-12(9)14)4-5-11(10)13/h2-3,6-7,14H,4-5H2,1H3. The van der Waals surface area contributed by atoms with E-state index in [0.29, 0.717) is 6.42 Å². The van der Waals surface area contributed by atoms with Crippen molar-refractivity contribution in [1.82, 2.24) is 0 Å². The van der Waals surface area contributed by atoms with E-state index in [0.717, 1.165) is 28.0 Å². The number of carbonyl (C=O) groups is 1. The lowest BCUT2D eigenvalue weighted by molar-refractivity contribution is 0.0994. The van der Waals surface area contributed by atoms with Crippen molar-refractivity contribution in [2.75, 3.05) is 0 Å². The lowest BCUT2D eigenvalue weighted by atomic mass is 10.1. The molecule has 0 bridgehead atoms. The normalized spacial score (nSPS) is 15.1. The first-order valence-electron chi connectivity index (χ1n) is 4.74. The Bertz CT molecular complexity index is 419. The second-order valence-corrected chi connectivity index (χ2v) is 3.97. The molecule has 1 aliphatic rings. The van der Waals surface area contributed by atoms with E-state index in [9.17, 15) is 4.79 Å². The summed E-state index contributed by atoms with van der Waals surface area (Å²) in [7, 11) is 0. The summed E-state index contributed by atoms with van der Waals surface area (Å²) in [4.78, 5) is 12.4. The summed E-state index contributed by atoms with van der Waals surface area (Å²) in [6.45, 7) is 1.96. The van der Waals surface area contributed by atoms with Crippen LogP contribution in [0.3, 0.4) is 0 Å². The van der Waals surface area contributed by atoms with Gasteiger partial charge in [-0.3, -0.25) is 4.79 Å². The van der Waals surface area contributed by atoms with Crippen LogP contribution in [0.4, 0.5) is 0 Å². The molecule has 0 saturated heterocycles. The van der Waals surface area contributed by atoms with Crippen LogP contribution >= 0.6 is 12.6 Å². The van der Waals surface area contributed by atoms with Crippen LogP contribution in [0.5, 0.6) is 0 Å². The summed E-state index contributed by atoms with van der Waals surface area (Å²) in [5.41, 5.74) is 3.06. The largest absolute Gasteiger partial charge is 0.294 e. The lowest BCUT2D eigenvalue weighted by Crippen LogP contribution is -1.92. The van der Waals surface area contributed by atoms with E-state index in [2.05, 4.69) is 12.6 Å². The van der Waals surface area contributed by atoms with Crippen molar-refractivity contribution in [3.8, 4) is 0 Å². The molecular formula is C12H12OS. The Morgan fingerprint density at radius 2 is 2.14 bits per heavy atom. The summed E-state index contributed by atoms with van der Waals surface area (Å²) >= 11 is 4.40. The highest BCUT2D eigenvalue weighted by Crippen LogP contribution is 2.28. The molecule has 1 aliphatic carbocycles. The summed E-state index contributed by atoms with van der Waals surface area (Å²) < 4.78 is 0. The summed E-state index contributed by atoms with van der Waals surface area (Å²) in [5.74, 6) is 0.263. The molecule has 0 atom stereocenters. The number of hydrogen-bond acceptors (Lipinski definition) is 2. The topological polar surface area (TPSA) is 17.1 Å². The van der Waals surface area contributed by atoms with Crippen molar-refractivity contribution in [2.24, 2.45) is 0 Å². The summed E-state index contributed by atoms with van der Waals surface area (Å²) in [6.07, 6.45) is 5.47. The van der Waals surface area contributed by atoms with Gasteiger partial charge in [-0.15, -0.1) is 12.6 Å². The maximum Gasteiger partial charge on any atom is 0.163 e. The Labute approximate surface area is 89.2 Å². The van der Waals surface area contributed by atoms with Crippen LogP contribution in [0.2, 0.25) is 0 Å². The maximum atomic E-state index is 11.5. The Kier molecular flexibility index (Phi) is 2.46. The molecule has 14 heavy (non-hydrogen) atoms. The van der Waals surface area contributed by atoms with E-state index in [-0.39, 0.29) is 5.78 Å². The SMILES string of the molecule is CC=Cc1cc2c(cc1S)CCC2=O. The predicted molar refractivity (Wildman–Crippen MR) is 61.1 cm³/mol. The molecule has 0 unspecified atom stereocenters. The van der Waals surface area contributed by atoms with E-state index >= 15 is 0 Å². The van der Waals surface area contributed by atoms with Gasteiger partial charge >= 0.3 is 0 Å². The van der Waals surface area contributed by atoms with Crippen molar-refractivity contribution in [1.29, 1.82) is 0 Å². The molecule has 0 aromatic heterocycles. The number of ketones is 1. The highest BCUT2D eigenvalue weighted by molar-refractivity contribution is 7.80. The first-order chi connectivity index (χ1) is 6.72. The van der Waals surface area contributed by atoms with E-state index in [1.165, 1.54) is 0 Å². The molecule has 0 fully saturated rings. The molecule has 0 aliphatic heterocycles. The molecule has 2 rings (SSSR count). The number of allylic oxidation sites excluding steroid dienone is 1. The predicted octanol–water partition coefficient (Wildman–Crippen LogP) is 3.14. The van der Waals surface area contributed by atoms with Crippen molar-refractivity contribution in [3.05, 3.63) is 34.9 Å². The smallest absolute Gasteiger partial charge is 0.163 e. The molecule has 2 heteroatoms. The maximum absolute atomic E-state index is 11.5. The zero-order chi connectivity index (χ0) is 10.1. The van der Waals surface area contributed by atoms with Crippen molar-refractivity contribution >= 4 is 24.5 Å². The second kappa shape index (κ2) is 3.62. The molecule has 72 valence electrons. The second-order valence-electron chi connectivity index (χ2n) is 3.49. The monoisotopic (exact) mass is 204 g/mol. The van der Waals surface area contributed by atoms with Gasteiger partial charge in [0, 0.05) is 16.9 Å². The van der Waals surface area contributed by atoms with Gasteiger partial charge in [-0.25, -0.2) is 0 Å². The Hall–Kier alpha value is -1.02. The van der Waals surface area contributed by atoms with Gasteiger partial charge in [0.05, 0.1) is 0 Å². The first kappa shape index (κ1) is 9.53. The van der Waals surface area contributed by atoms with E-state index in [4.69, 9.17) is 0 Å². The van der Waals surface area contributed by atoms with Crippen LogP contribution in [0, 0.1) is 0 Å². The summed E-state index contributed by atoms with van der Waals surface area (Å²) in [5, 5.41) is 0. The minimum absolute atomic E-state index is 0.263. The van der Waals surface area contributed by atoms with Crippen molar-refractivity contribution < 1.29 is 4.79 Å². The average Bonchev–Trinajstić information content (AvgIpc) is 2.49. The highest BCUT2D eigenvalue weighted by Gasteiger charge is 2.20. The Morgan fingerprint density at radius 3 is 2.86 bits per heavy atom. The van der Waals surface area contributed by atoms with Crippen LogP contribution < -0.4 is 0 Å². The molecule has 1 aromatic carbocycles. The van der Waals surface area contributed by atoms with Crippen LogP contribution in [0.25, 0.3) is 6.08 Å². The lowest BCUT2D eigenvalue weighted by Gasteiger charge is -2.03. The van der Waals surface area contributed by atoms with Crippen LogP contribution in [-0.4, -0.2) is 5.78 Å². The Morgan fingerprint density at radius 1 is 1.36 bits per heavy atom. The minimum Gasteiger partial charge on any atom is -0.294 e. The fourth-order valence-corrected chi connectivity index (χ4v) is 2.11. The molecule has 0 heterocycles. The minimum atomic E-state index is 0.263. The van der Waals surface area contributed by atoms with Crippen LogP contribution in [0.15, 0.2) is 23.1 Å². The van der Waals surface area contributed by atoms with Crippen molar-refractivity contribution in [3.63, 3.8) is 0 Å². The van der Waals surface area contributed by atoms with E-state index in [1.807, 2.05) is 31.2 Å². The van der Waals surface area contributed by atoms with Gasteiger partial charge in [-0.1, -0.05) is 12.2 Å². The number of fused-ring (bicyclic) bond motifs is 1. The number of thiol groups is 1. The third-order valence-electron chi connectivity index (χ3n) is 2.52. The molecule has 0 N–H and O–H groups in total. The highest BCUT2D eigenvalue weighted by atomic mass is 32.1. The molecule has 1 aromatic rings. The Balaban J connectivity index is 2.56. The molecule has 0 amide bonds. The van der Waals surface area contributed by atoms with E-state index in [1.54, 1.807) is 0 Å². The third-order valence-corrected chi connectivity index (χ3v) is 2.91.